The van der Waals surface area contributed by atoms with Gasteiger partial charge in [-0.05, 0) is 25.8 Å². The lowest BCUT2D eigenvalue weighted by Gasteiger charge is -2.22. The van der Waals surface area contributed by atoms with Crippen molar-refractivity contribution in [2.75, 3.05) is 6.54 Å². The third-order valence-corrected chi connectivity index (χ3v) is 2.74. The van der Waals surface area contributed by atoms with Crippen molar-refractivity contribution in [3.8, 4) is 0 Å². The molecular weight excluding hydrogens is 234 g/mol. The molecule has 3 N–H and O–H groups in total. The molecule has 6 heteroatoms. The van der Waals surface area contributed by atoms with E-state index in [1.807, 2.05) is 0 Å². The van der Waals surface area contributed by atoms with E-state index in [2.05, 4.69) is 5.32 Å². The number of nitrogens with zero attached hydrogens (tertiary/aromatic N) is 1. The third kappa shape index (κ3) is 3.81. The molecule has 0 radical (unpaired) electrons. The van der Waals surface area contributed by atoms with Crippen molar-refractivity contribution < 1.29 is 9.72 Å². The minimum Gasteiger partial charge on any atom is -0.368 e. The molecule has 0 aliphatic heterocycles. The summed E-state index contributed by atoms with van der Waals surface area (Å²) in [5.74, 6) is -0.411. The Morgan fingerprint density at radius 1 is 1.39 bits per heavy atom. The Balaban J connectivity index is 2.50. The van der Waals surface area contributed by atoms with Crippen LogP contribution in [-0.2, 0) is 11.2 Å². The molecule has 0 atom stereocenters. The normalized spacial score (nSPS) is 11.2. The van der Waals surface area contributed by atoms with Gasteiger partial charge >= 0.3 is 0 Å². The van der Waals surface area contributed by atoms with Gasteiger partial charge in [0.25, 0.3) is 5.69 Å². The summed E-state index contributed by atoms with van der Waals surface area (Å²) < 4.78 is 0. The molecule has 1 aromatic carbocycles. The summed E-state index contributed by atoms with van der Waals surface area (Å²) >= 11 is 0. The van der Waals surface area contributed by atoms with Gasteiger partial charge in [-0.2, -0.15) is 0 Å². The van der Waals surface area contributed by atoms with Gasteiger partial charge in [0.05, 0.1) is 10.5 Å². The Morgan fingerprint density at radius 2 is 1.94 bits per heavy atom. The van der Waals surface area contributed by atoms with E-state index in [4.69, 9.17) is 5.73 Å². The molecule has 18 heavy (non-hydrogen) atoms. The van der Waals surface area contributed by atoms with Gasteiger partial charge in [0.15, 0.2) is 0 Å². The van der Waals surface area contributed by atoms with Gasteiger partial charge in [0.2, 0.25) is 5.91 Å². The van der Waals surface area contributed by atoms with Gasteiger partial charge in [-0.3, -0.25) is 14.9 Å². The van der Waals surface area contributed by atoms with Gasteiger partial charge in [-0.15, -0.1) is 0 Å². The highest BCUT2D eigenvalue weighted by atomic mass is 16.6. The summed E-state index contributed by atoms with van der Waals surface area (Å²) in [5.41, 5.74) is 5.52. The first-order valence-electron chi connectivity index (χ1n) is 5.61. The summed E-state index contributed by atoms with van der Waals surface area (Å²) in [6.45, 7) is 4.00. The molecule has 0 saturated carbocycles. The quantitative estimate of drug-likeness (QED) is 0.581. The summed E-state index contributed by atoms with van der Waals surface area (Å²) in [5, 5.41) is 13.5. The van der Waals surface area contributed by atoms with Gasteiger partial charge < -0.3 is 11.1 Å². The lowest BCUT2D eigenvalue weighted by molar-refractivity contribution is -0.384. The summed E-state index contributed by atoms with van der Waals surface area (Å²) in [4.78, 5) is 21.1. The van der Waals surface area contributed by atoms with Crippen molar-refractivity contribution >= 4 is 11.6 Å². The van der Waals surface area contributed by atoms with Gasteiger partial charge in [-0.1, -0.05) is 12.1 Å². The zero-order chi connectivity index (χ0) is 13.8. The molecule has 1 amide bonds. The first-order chi connectivity index (χ1) is 8.33. The van der Waals surface area contributed by atoms with Gasteiger partial charge in [0, 0.05) is 18.7 Å². The topological polar surface area (TPSA) is 98.3 Å². The second-order valence-corrected chi connectivity index (χ2v) is 4.59. The van der Waals surface area contributed by atoms with Crippen molar-refractivity contribution in [3.05, 3.63) is 39.9 Å². The second kappa shape index (κ2) is 5.59. The van der Waals surface area contributed by atoms with Crippen molar-refractivity contribution in [2.45, 2.75) is 25.8 Å². The number of nitro benzene ring substituents is 1. The van der Waals surface area contributed by atoms with Gasteiger partial charge in [0.1, 0.15) is 0 Å². The molecule has 0 heterocycles. The lowest BCUT2D eigenvalue weighted by Crippen LogP contribution is -2.51. The smallest absolute Gasteiger partial charge is 0.269 e. The largest absolute Gasteiger partial charge is 0.368 e. The van der Waals surface area contributed by atoms with E-state index in [-0.39, 0.29) is 5.69 Å². The highest BCUT2D eigenvalue weighted by Crippen LogP contribution is 2.12. The van der Waals surface area contributed by atoms with Crippen LogP contribution in [0.15, 0.2) is 24.3 Å². The number of nitrogens with two attached hydrogens (primary N) is 1. The minimum absolute atomic E-state index is 0.0733. The number of rotatable bonds is 6. The zero-order valence-electron chi connectivity index (χ0n) is 10.5. The molecule has 0 aliphatic carbocycles. The molecule has 98 valence electrons. The van der Waals surface area contributed by atoms with E-state index in [1.54, 1.807) is 26.0 Å². The molecule has 1 rings (SSSR count). The first-order valence-corrected chi connectivity index (χ1v) is 5.61. The van der Waals surface area contributed by atoms with Crippen molar-refractivity contribution in [3.63, 3.8) is 0 Å². The molecule has 1 aromatic rings. The van der Waals surface area contributed by atoms with Crippen LogP contribution in [0.1, 0.15) is 19.4 Å². The number of nitro groups is 1. The number of benzene rings is 1. The molecule has 6 nitrogen and oxygen atoms in total. The monoisotopic (exact) mass is 251 g/mol. The predicted molar refractivity (Wildman–Crippen MR) is 68.1 cm³/mol. The summed E-state index contributed by atoms with van der Waals surface area (Å²) in [6.07, 6.45) is 0.675. The fourth-order valence-corrected chi connectivity index (χ4v) is 1.39. The fraction of sp³-hybridized carbons (Fsp3) is 0.417. The standard InChI is InChI=1S/C12H17N3O3/c1-12(2,11(13)16)14-8-7-9-3-5-10(6-4-9)15(17)18/h3-6,14H,7-8H2,1-2H3,(H2,13,16). The Bertz CT molecular complexity index is 440. The zero-order valence-corrected chi connectivity index (χ0v) is 10.5. The van der Waals surface area contributed by atoms with Gasteiger partial charge in [-0.25, -0.2) is 0 Å². The highest BCUT2D eigenvalue weighted by molar-refractivity contribution is 5.83. The molecule has 0 aromatic heterocycles. The number of hydrogen-bond donors (Lipinski definition) is 2. The highest BCUT2D eigenvalue weighted by Gasteiger charge is 2.23. The van der Waals surface area contributed by atoms with Crippen molar-refractivity contribution in [1.29, 1.82) is 0 Å². The van der Waals surface area contributed by atoms with Crippen LogP contribution < -0.4 is 11.1 Å². The van der Waals surface area contributed by atoms with E-state index >= 15 is 0 Å². The number of primary amides is 1. The molecular formula is C12H17N3O3. The number of amides is 1. The van der Waals surface area contributed by atoms with E-state index in [0.717, 1.165) is 5.56 Å². The maximum atomic E-state index is 11.1. The average Bonchev–Trinajstić information content (AvgIpc) is 2.29. The van der Waals surface area contributed by atoms with Crippen LogP contribution in [0, 0.1) is 10.1 Å². The van der Waals surface area contributed by atoms with Crippen LogP contribution in [0.2, 0.25) is 0 Å². The van der Waals surface area contributed by atoms with E-state index < -0.39 is 16.4 Å². The number of carbonyl (C=O) groups is 1. The molecule has 0 fully saturated rings. The minimum atomic E-state index is -0.749. The average molecular weight is 251 g/mol. The summed E-state index contributed by atoms with van der Waals surface area (Å²) in [6, 6.07) is 6.34. The lowest BCUT2D eigenvalue weighted by atomic mass is 10.0. The number of non-ortho nitro benzene ring substituents is 1. The molecule has 0 spiro atoms. The van der Waals surface area contributed by atoms with E-state index in [0.29, 0.717) is 13.0 Å². The molecule has 0 unspecified atom stereocenters. The van der Waals surface area contributed by atoms with Crippen LogP contribution in [-0.4, -0.2) is 22.9 Å². The number of hydrogen-bond acceptors (Lipinski definition) is 4. The Labute approximate surface area is 105 Å². The second-order valence-electron chi connectivity index (χ2n) is 4.59. The number of carbonyl (C=O) groups excluding carboxylic acids is 1. The molecule has 0 aliphatic rings. The van der Waals surface area contributed by atoms with Crippen LogP contribution >= 0.6 is 0 Å². The molecule has 0 saturated heterocycles. The van der Waals surface area contributed by atoms with Crippen LogP contribution in [0.3, 0.4) is 0 Å². The first kappa shape index (κ1) is 14.1. The SMILES string of the molecule is CC(C)(NCCc1ccc([N+](=O)[O-])cc1)C(N)=O. The van der Waals surface area contributed by atoms with Crippen molar-refractivity contribution in [1.82, 2.24) is 5.32 Å². The summed E-state index contributed by atoms with van der Waals surface area (Å²) in [7, 11) is 0. The van der Waals surface area contributed by atoms with Crippen LogP contribution in [0.5, 0.6) is 0 Å². The molecule has 0 bridgehead atoms. The Hall–Kier alpha value is -1.95. The van der Waals surface area contributed by atoms with E-state index in [9.17, 15) is 14.9 Å². The van der Waals surface area contributed by atoms with Crippen molar-refractivity contribution in [2.24, 2.45) is 5.73 Å². The number of nitrogens with one attached hydrogen (secondary N) is 1. The predicted octanol–water partition coefficient (Wildman–Crippen LogP) is 0.991. The Morgan fingerprint density at radius 3 is 2.39 bits per heavy atom. The fourth-order valence-electron chi connectivity index (χ4n) is 1.39. The third-order valence-electron chi connectivity index (χ3n) is 2.74. The van der Waals surface area contributed by atoms with E-state index in [1.165, 1.54) is 12.1 Å². The maximum absolute atomic E-state index is 11.1. The maximum Gasteiger partial charge on any atom is 0.269 e. The van der Waals surface area contributed by atoms with Crippen LogP contribution in [0.25, 0.3) is 0 Å². The van der Waals surface area contributed by atoms with Crippen LogP contribution in [0.4, 0.5) is 5.69 Å². The Kier molecular flexibility index (Phi) is 4.38.